The zero-order chi connectivity index (χ0) is 25.7. The molecule has 176 valence electrons. The number of hydrogen-bond donors (Lipinski definition) is 0. The largest absolute Gasteiger partial charge is 0.456 e. The van der Waals surface area contributed by atoms with E-state index in [0.29, 0.717) is 11.5 Å². The molecule has 0 fully saturated rings. The number of ether oxygens (including phenoxy) is 1. The molecule has 0 bridgehead atoms. The Morgan fingerprint density at radius 3 is 1.38 bits per heavy atom. The van der Waals surface area contributed by atoms with E-state index in [0.717, 1.165) is 22.3 Å². The Kier molecular flexibility index (Phi) is 6.73. The molecule has 0 heterocycles. The molecule has 0 unspecified atom stereocenters. The lowest BCUT2D eigenvalue weighted by molar-refractivity contribution is 0.482. The molecule has 0 atom stereocenters. The Morgan fingerprint density at radius 1 is 0.541 bits per heavy atom. The Hall–Kier alpha value is -4.83. The summed E-state index contributed by atoms with van der Waals surface area (Å²) in [6, 6.07) is 46.3. The second kappa shape index (κ2) is 10.4. The molecule has 0 spiro atoms. The molecular formula is C33H21ClN2O. The van der Waals surface area contributed by atoms with Crippen LogP contribution in [0.15, 0.2) is 127 Å². The summed E-state index contributed by atoms with van der Waals surface area (Å²) in [5, 5.41) is 18.9. The van der Waals surface area contributed by atoms with E-state index in [1.54, 1.807) is 0 Å². The van der Waals surface area contributed by atoms with Gasteiger partial charge in [-0.15, -0.1) is 0 Å². The topological polar surface area (TPSA) is 56.8 Å². The highest BCUT2D eigenvalue weighted by atomic mass is 35.5. The number of rotatable bonds is 6. The van der Waals surface area contributed by atoms with Gasteiger partial charge in [-0.2, -0.15) is 10.5 Å². The fraction of sp³-hybridized carbons (Fsp3) is 0.0303. The molecular weight excluding hydrogens is 476 g/mol. The van der Waals surface area contributed by atoms with Crippen LogP contribution < -0.4 is 4.74 Å². The minimum Gasteiger partial charge on any atom is -0.456 e. The molecule has 0 aliphatic heterocycles. The molecule has 0 saturated carbocycles. The van der Waals surface area contributed by atoms with Gasteiger partial charge in [0.15, 0.2) is 0 Å². The Labute approximate surface area is 221 Å². The van der Waals surface area contributed by atoms with E-state index >= 15 is 0 Å². The zero-order valence-electron chi connectivity index (χ0n) is 19.8. The van der Waals surface area contributed by atoms with E-state index in [4.69, 9.17) is 16.3 Å². The molecule has 0 radical (unpaired) electrons. The molecule has 0 amide bonds. The van der Waals surface area contributed by atoms with Crippen molar-refractivity contribution in [1.29, 1.82) is 10.5 Å². The van der Waals surface area contributed by atoms with Crippen LogP contribution in [-0.2, 0) is 5.41 Å². The third kappa shape index (κ3) is 4.45. The summed E-state index contributed by atoms with van der Waals surface area (Å²) in [6.07, 6.45) is 0. The van der Waals surface area contributed by atoms with Crippen molar-refractivity contribution in [3.63, 3.8) is 0 Å². The predicted octanol–water partition coefficient (Wildman–Crippen LogP) is 8.26. The molecule has 3 nitrogen and oxygen atoms in total. The van der Waals surface area contributed by atoms with Gasteiger partial charge in [0, 0.05) is 6.07 Å². The first-order valence-electron chi connectivity index (χ1n) is 11.8. The van der Waals surface area contributed by atoms with E-state index < -0.39 is 5.41 Å². The second-order valence-electron chi connectivity index (χ2n) is 8.53. The summed E-state index contributed by atoms with van der Waals surface area (Å²) >= 11 is 6.35. The number of halogens is 1. The molecule has 0 aliphatic carbocycles. The van der Waals surface area contributed by atoms with Crippen molar-refractivity contribution in [3.8, 4) is 23.6 Å². The van der Waals surface area contributed by atoms with Crippen LogP contribution in [0.5, 0.6) is 11.5 Å². The van der Waals surface area contributed by atoms with Crippen molar-refractivity contribution < 1.29 is 4.74 Å². The average Bonchev–Trinajstić information content (AvgIpc) is 2.97. The number of benzene rings is 5. The van der Waals surface area contributed by atoms with Crippen molar-refractivity contribution in [1.82, 2.24) is 0 Å². The summed E-state index contributed by atoms with van der Waals surface area (Å²) in [7, 11) is 0. The lowest BCUT2D eigenvalue weighted by atomic mass is 9.65. The van der Waals surface area contributed by atoms with Gasteiger partial charge in [0.1, 0.15) is 23.6 Å². The van der Waals surface area contributed by atoms with Crippen LogP contribution in [0.3, 0.4) is 0 Å². The van der Waals surface area contributed by atoms with E-state index in [1.165, 1.54) is 12.1 Å². The number of hydrogen-bond acceptors (Lipinski definition) is 3. The van der Waals surface area contributed by atoms with Crippen LogP contribution in [0.1, 0.15) is 33.4 Å². The fourth-order valence-corrected chi connectivity index (χ4v) is 4.98. The lowest BCUT2D eigenvalue weighted by Gasteiger charge is -2.36. The first-order valence-corrected chi connectivity index (χ1v) is 12.1. The van der Waals surface area contributed by atoms with Gasteiger partial charge in [-0.3, -0.25) is 0 Å². The molecule has 5 aromatic carbocycles. The maximum absolute atomic E-state index is 9.38. The first kappa shape index (κ1) is 23.9. The summed E-state index contributed by atoms with van der Waals surface area (Å²) in [5.41, 5.74) is 4.40. The predicted molar refractivity (Wildman–Crippen MR) is 146 cm³/mol. The molecule has 0 aromatic heterocycles. The highest BCUT2D eigenvalue weighted by Crippen LogP contribution is 2.45. The maximum atomic E-state index is 9.38. The van der Waals surface area contributed by atoms with Crippen LogP contribution >= 0.6 is 11.6 Å². The fourth-order valence-electron chi connectivity index (χ4n) is 4.78. The molecule has 0 saturated heterocycles. The molecule has 4 heteroatoms. The van der Waals surface area contributed by atoms with Gasteiger partial charge in [-0.05, 0) is 40.5 Å². The highest BCUT2D eigenvalue weighted by molar-refractivity contribution is 6.32. The smallest absolute Gasteiger partial charge is 0.147 e. The van der Waals surface area contributed by atoms with Gasteiger partial charge in [0.2, 0.25) is 0 Å². The maximum Gasteiger partial charge on any atom is 0.147 e. The normalized spacial score (nSPS) is 10.8. The standard InChI is InChI=1S/C33H21ClN2O/c34-31-20-24(22-35)25(23-36)21-32(31)37-30-18-16-29(17-19-30)33(26-10-4-1-5-11-26,27-12-6-2-7-13-27)28-14-8-3-9-15-28/h1-21H. The molecule has 0 N–H and O–H groups in total. The number of nitrogens with zero attached hydrogens (tertiary/aromatic N) is 2. The van der Waals surface area contributed by atoms with Crippen molar-refractivity contribution >= 4 is 11.6 Å². The Balaban J connectivity index is 1.64. The van der Waals surface area contributed by atoms with E-state index in [9.17, 15) is 10.5 Å². The van der Waals surface area contributed by atoms with Gasteiger partial charge in [-0.25, -0.2) is 0 Å². The third-order valence-electron chi connectivity index (χ3n) is 6.45. The van der Waals surface area contributed by atoms with Gasteiger partial charge in [0.25, 0.3) is 0 Å². The van der Waals surface area contributed by atoms with Crippen molar-refractivity contribution in [2.45, 2.75) is 5.41 Å². The summed E-state index contributed by atoms with van der Waals surface area (Å²) in [4.78, 5) is 0. The lowest BCUT2D eigenvalue weighted by Crippen LogP contribution is -2.30. The van der Waals surface area contributed by atoms with Gasteiger partial charge < -0.3 is 4.74 Å². The van der Waals surface area contributed by atoms with Crippen LogP contribution in [0.25, 0.3) is 0 Å². The Morgan fingerprint density at radius 2 is 0.946 bits per heavy atom. The first-order chi connectivity index (χ1) is 18.2. The van der Waals surface area contributed by atoms with E-state index in [1.807, 2.05) is 42.5 Å². The molecule has 37 heavy (non-hydrogen) atoms. The third-order valence-corrected chi connectivity index (χ3v) is 6.74. The van der Waals surface area contributed by atoms with Crippen LogP contribution in [0, 0.1) is 22.7 Å². The molecule has 5 aromatic rings. The average molecular weight is 497 g/mol. The van der Waals surface area contributed by atoms with Crippen LogP contribution in [-0.4, -0.2) is 0 Å². The minimum atomic E-state index is -0.553. The molecule has 0 aliphatic rings. The quantitative estimate of drug-likeness (QED) is 0.222. The summed E-state index contributed by atoms with van der Waals surface area (Å²) in [5.74, 6) is 0.896. The monoisotopic (exact) mass is 496 g/mol. The second-order valence-corrected chi connectivity index (χ2v) is 8.93. The zero-order valence-corrected chi connectivity index (χ0v) is 20.6. The summed E-state index contributed by atoms with van der Waals surface area (Å²) in [6.45, 7) is 0. The van der Waals surface area contributed by atoms with Crippen molar-refractivity contribution in [2.75, 3.05) is 0 Å². The van der Waals surface area contributed by atoms with Crippen molar-refractivity contribution in [2.24, 2.45) is 0 Å². The summed E-state index contributed by atoms with van der Waals surface area (Å²) < 4.78 is 6.04. The molecule has 5 rings (SSSR count). The van der Waals surface area contributed by atoms with Gasteiger partial charge in [-0.1, -0.05) is 115 Å². The number of nitriles is 2. The van der Waals surface area contributed by atoms with Crippen LogP contribution in [0.2, 0.25) is 5.02 Å². The van der Waals surface area contributed by atoms with Gasteiger partial charge in [0.05, 0.1) is 21.6 Å². The SMILES string of the molecule is N#Cc1cc(Cl)c(Oc2ccc(C(c3ccccc3)(c3ccccc3)c3ccccc3)cc2)cc1C#N. The highest BCUT2D eigenvalue weighted by Gasteiger charge is 2.38. The van der Waals surface area contributed by atoms with Crippen LogP contribution in [0.4, 0.5) is 0 Å². The van der Waals surface area contributed by atoms with Gasteiger partial charge >= 0.3 is 0 Å². The minimum absolute atomic E-state index is 0.216. The van der Waals surface area contributed by atoms with E-state index in [-0.39, 0.29) is 16.1 Å². The van der Waals surface area contributed by atoms with E-state index in [2.05, 4.69) is 84.9 Å². The Bertz CT molecular complexity index is 1500. The van der Waals surface area contributed by atoms with Crippen molar-refractivity contribution in [3.05, 3.63) is 166 Å².